The van der Waals surface area contributed by atoms with Gasteiger partial charge in [-0.1, -0.05) is 68.5 Å². The third-order valence-corrected chi connectivity index (χ3v) is 25.3. The average Bonchev–Trinajstić information content (AvgIpc) is 1.14. The first-order chi connectivity index (χ1) is 39.8. The first kappa shape index (κ1) is 80.5. The quantitative estimate of drug-likeness (QED) is 0.0168. The Kier molecular flexibility index (Phi) is 29.5. The van der Waals surface area contributed by atoms with Crippen molar-refractivity contribution >= 4 is 56.3 Å². The van der Waals surface area contributed by atoms with Gasteiger partial charge in [-0.2, -0.15) is 0 Å². The number of nitrogens with one attached hydrogen (secondary N) is 4. The zero-order chi connectivity index (χ0) is 67.8. The van der Waals surface area contributed by atoms with Crippen LogP contribution in [0.2, 0.25) is 0 Å². The second-order valence-corrected chi connectivity index (χ2v) is 39.4. The van der Waals surface area contributed by atoms with Gasteiger partial charge in [0.2, 0.25) is 5.78 Å². The van der Waals surface area contributed by atoms with Crippen molar-refractivity contribution in [1.29, 1.82) is 0 Å². The summed E-state index contributed by atoms with van der Waals surface area (Å²) in [4.78, 5) is 76.5. The molecule has 514 valence electrons. The van der Waals surface area contributed by atoms with Crippen molar-refractivity contribution < 1.29 is 70.8 Å². The Morgan fingerprint density at radius 1 is 0.534 bits per heavy atom. The highest BCUT2D eigenvalue weighted by atomic mass is 32.3. The van der Waals surface area contributed by atoms with Gasteiger partial charge in [0.15, 0.2) is 11.5 Å². The number of hydrogen-bond acceptors (Lipinski definition) is 16. The lowest BCUT2D eigenvalue weighted by atomic mass is 9.62. The molecule has 2 saturated carbocycles. The first-order valence-corrected chi connectivity index (χ1v) is 36.4. The van der Waals surface area contributed by atoms with E-state index in [1.165, 1.54) is 6.92 Å². The van der Waals surface area contributed by atoms with Crippen LogP contribution in [0.3, 0.4) is 0 Å². The Labute approximate surface area is 534 Å². The van der Waals surface area contributed by atoms with Gasteiger partial charge in [-0.3, -0.25) is 15.3 Å². The van der Waals surface area contributed by atoms with E-state index in [1.807, 2.05) is 13.8 Å². The largest absolute Gasteiger partial charge is 0.447 e. The number of ether oxygens (including phenoxy) is 8. The van der Waals surface area contributed by atoms with Crippen LogP contribution in [0.15, 0.2) is 24.3 Å². The Morgan fingerprint density at radius 3 is 1.36 bits per heavy atom. The van der Waals surface area contributed by atoms with Gasteiger partial charge in [0.25, 0.3) is 0 Å². The lowest BCUT2D eigenvalue weighted by Gasteiger charge is -2.56. The number of carbonyl (C=O) groups is 6. The SMILES string of the molecule is C=C(C)C(=O)C(C)(C)OCCC(C)(C)OC(=O)NCC1(C)CC(NC(=O)OCCOCCCS(C)(C)C(C)(C)OS(C)(C)C(C)(C)CCOCCOC(=O)NC2CC(C)(C)CC(C)(CNC(=O)OC(C)(C)CCOC(C)(N)C(=O)C(=C)C)C2)CC(C)(C)C1. The summed E-state index contributed by atoms with van der Waals surface area (Å²) in [6.45, 7) is 47.2. The highest BCUT2D eigenvalue weighted by molar-refractivity contribution is 8.34. The molecule has 4 amide bonds. The van der Waals surface area contributed by atoms with Crippen molar-refractivity contribution in [3.05, 3.63) is 24.3 Å². The lowest BCUT2D eigenvalue weighted by molar-refractivity contribution is -0.139. The molecule has 0 spiro atoms. The molecule has 0 aromatic heterocycles. The topological polar surface area (TPSA) is 260 Å². The van der Waals surface area contributed by atoms with E-state index in [0.717, 1.165) is 44.3 Å². The van der Waals surface area contributed by atoms with Crippen LogP contribution in [0.5, 0.6) is 0 Å². The highest BCUT2D eigenvalue weighted by Gasteiger charge is 2.46. The zero-order valence-electron chi connectivity index (χ0n) is 58.9. The summed E-state index contributed by atoms with van der Waals surface area (Å²) < 4.78 is 53.1. The van der Waals surface area contributed by atoms with Gasteiger partial charge >= 0.3 is 24.4 Å². The van der Waals surface area contributed by atoms with Gasteiger partial charge in [-0.25, -0.2) is 29.2 Å². The minimum absolute atomic E-state index is 0.0997. The Hall–Kier alpha value is -3.64. The normalized spacial score (nSPS) is 22.0. The van der Waals surface area contributed by atoms with E-state index >= 15 is 0 Å². The molecule has 0 saturated heterocycles. The molecule has 22 heteroatoms. The third kappa shape index (κ3) is 28.1. The summed E-state index contributed by atoms with van der Waals surface area (Å²) in [6, 6.07) is -0.313. The molecule has 2 aliphatic rings. The standard InChI is InChI=1S/C66H123N5O15S2/c1-47(2)51(72)62(15,16)82-32-27-59(9,10)84-53(74)68-45-64(19)41-49(39-57(5,6)43-64)70-55(76)80-36-34-78-30-26-38-87(22,23)63(17,18)86-88(24,25)61(13,14)29-31-79-35-37-81-56(77)71-50-40-58(7,8)44-65(20,42-50)46-69-54(75)85-60(11,12)28-33-83-66(21,67)52(73)48(3)4/h49-50H,1,3,26-46,67H2,2,4-25H3,(H,68,74)(H,69,75)(H,70,76)(H,71,77). The van der Waals surface area contributed by atoms with Crippen molar-refractivity contribution in [1.82, 2.24) is 21.3 Å². The molecule has 0 aromatic rings. The molecule has 2 aliphatic carbocycles. The van der Waals surface area contributed by atoms with Crippen LogP contribution in [0, 0.1) is 21.7 Å². The van der Waals surface area contributed by atoms with Crippen LogP contribution in [0.1, 0.15) is 196 Å². The second kappa shape index (κ2) is 32.3. The number of ketones is 2. The number of alkyl carbamates (subject to hydrolysis) is 4. The number of hydrogen-bond donors (Lipinski definition) is 5. The van der Waals surface area contributed by atoms with E-state index in [2.05, 4.69) is 129 Å². The maximum atomic E-state index is 13.1. The fourth-order valence-electron chi connectivity index (χ4n) is 12.2. The van der Waals surface area contributed by atoms with Crippen molar-refractivity contribution in [2.24, 2.45) is 27.4 Å². The molecule has 0 aromatic carbocycles. The third-order valence-electron chi connectivity index (χ3n) is 17.4. The summed E-state index contributed by atoms with van der Waals surface area (Å²) in [7, 11) is -2.85. The van der Waals surface area contributed by atoms with E-state index in [9.17, 15) is 28.8 Å². The Balaban J connectivity index is 1.74. The zero-order valence-corrected chi connectivity index (χ0v) is 60.6. The predicted octanol–water partition coefficient (Wildman–Crippen LogP) is 12.6. The van der Waals surface area contributed by atoms with Crippen LogP contribution in [0.25, 0.3) is 0 Å². The summed E-state index contributed by atoms with van der Waals surface area (Å²) >= 11 is 0. The highest BCUT2D eigenvalue weighted by Crippen LogP contribution is 2.65. The molecule has 0 heterocycles. The lowest BCUT2D eigenvalue weighted by Crippen LogP contribution is -2.51. The van der Waals surface area contributed by atoms with E-state index in [-0.39, 0.29) is 88.8 Å². The molecule has 88 heavy (non-hydrogen) atoms. The molecule has 0 radical (unpaired) electrons. The van der Waals surface area contributed by atoms with Crippen molar-refractivity contribution in [2.45, 2.75) is 240 Å². The van der Waals surface area contributed by atoms with Gasteiger partial charge < -0.3 is 63.3 Å². The fourth-order valence-corrected chi connectivity index (χ4v) is 16.5. The number of carbonyl (C=O) groups excluding carboxylic acids is 6. The first-order valence-electron chi connectivity index (χ1n) is 31.4. The van der Waals surface area contributed by atoms with Crippen LogP contribution in [-0.4, -0.2) is 177 Å². The number of amides is 4. The molecule has 20 nitrogen and oxygen atoms in total. The van der Waals surface area contributed by atoms with Gasteiger partial charge in [-0.15, -0.1) is 10.3 Å². The van der Waals surface area contributed by atoms with E-state index in [1.54, 1.807) is 41.5 Å². The minimum atomic E-state index is -1.59. The van der Waals surface area contributed by atoms with Gasteiger partial charge in [0.05, 0.1) is 26.4 Å². The Morgan fingerprint density at radius 2 is 0.943 bits per heavy atom. The van der Waals surface area contributed by atoms with E-state index < -0.39 is 73.0 Å². The molecule has 0 aliphatic heterocycles. The number of rotatable bonds is 37. The maximum Gasteiger partial charge on any atom is 0.407 e. The van der Waals surface area contributed by atoms with Crippen LogP contribution >= 0.6 is 20.3 Å². The van der Waals surface area contributed by atoms with E-state index in [0.29, 0.717) is 63.1 Å². The summed E-state index contributed by atoms with van der Waals surface area (Å²) in [6.07, 6.45) is 13.7. The molecule has 6 N–H and O–H groups in total. The van der Waals surface area contributed by atoms with Gasteiger partial charge in [0, 0.05) is 56.0 Å². The molecule has 0 bridgehead atoms. The molecule has 2 rings (SSSR count). The van der Waals surface area contributed by atoms with Crippen molar-refractivity contribution in [2.75, 3.05) is 96.7 Å². The number of nitrogens with two attached hydrogens (primary N) is 1. The molecule has 2 fully saturated rings. The predicted molar refractivity (Wildman–Crippen MR) is 356 cm³/mol. The van der Waals surface area contributed by atoms with E-state index in [4.69, 9.17) is 47.8 Å². The monoisotopic (exact) mass is 1290 g/mol. The van der Waals surface area contributed by atoms with Crippen molar-refractivity contribution in [3.8, 4) is 0 Å². The Bertz CT molecular complexity index is 2370. The number of Topliss-reactive ketones (excluding diaryl/α,β-unsaturated/α-hetero) is 2. The summed E-state index contributed by atoms with van der Waals surface area (Å²) in [5, 5.41) is 12.0. The minimum Gasteiger partial charge on any atom is -0.447 e. The van der Waals surface area contributed by atoms with Crippen LogP contribution in [0.4, 0.5) is 19.2 Å². The smallest absolute Gasteiger partial charge is 0.407 e. The van der Waals surface area contributed by atoms with Crippen LogP contribution in [-0.2, 0) is 51.7 Å². The average molecular weight is 1290 g/mol. The molecular weight excluding hydrogens is 1170 g/mol. The van der Waals surface area contributed by atoms with Gasteiger partial charge in [0.1, 0.15) is 34.9 Å². The molecule has 5 unspecified atom stereocenters. The summed E-state index contributed by atoms with van der Waals surface area (Å²) in [5.74, 6) is 0.368. The van der Waals surface area contributed by atoms with Crippen LogP contribution < -0.4 is 27.0 Å². The molecular formula is C66H123N5O15S2. The van der Waals surface area contributed by atoms with Gasteiger partial charge in [-0.05, 0) is 191 Å². The fraction of sp³-hybridized carbons (Fsp3) is 0.848. The molecule has 5 atom stereocenters. The maximum absolute atomic E-state index is 13.1. The second-order valence-electron chi connectivity index (χ2n) is 31.2. The van der Waals surface area contributed by atoms with Crippen molar-refractivity contribution in [3.63, 3.8) is 0 Å². The summed E-state index contributed by atoms with van der Waals surface area (Å²) in [5.41, 5.74) is 1.64.